The summed E-state index contributed by atoms with van der Waals surface area (Å²) >= 11 is 0. The summed E-state index contributed by atoms with van der Waals surface area (Å²) in [7, 11) is 3.20. The Morgan fingerprint density at radius 2 is 1.77 bits per heavy atom. The summed E-state index contributed by atoms with van der Waals surface area (Å²) in [5.74, 6) is 1.81. The molecular weight excluding hydrogens is 494 g/mol. The highest BCUT2D eigenvalue weighted by molar-refractivity contribution is 5.97. The van der Waals surface area contributed by atoms with Crippen LogP contribution in [0.15, 0.2) is 67.3 Å². The molecule has 0 aliphatic carbocycles. The van der Waals surface area contributed by atoms with Crippen LogP contribution >= 0.6 is 0 Å². The minimum atomic E-state index is -0.164. The molecule has 2 aromatic carbocycles. The molecule has 1 aliphatic heterocycles. The number of amides is 2. The van der Waals surface area contributed by atoms with E-state index >= 15 is 0 Å². The summed E-state index contributed by atoms with van der Waals surface area (Å²) in [6.45, 7) is 8.53. The summed E-state index contributed by atoms with van der Waals surface area (Å²) in [5, 5.41) is 8.90. The van der Waals surface area contributed by atoms with Crippen LogP contribution in [0.25, 0.3) is 11.3 Å². The number of anilines is 1. The molecule has 1 fully saturated rings. The van der Waals surface area contributed by atoms with Crippen LogP contribution in [-0.2, 0) is 4.79 Å². The van der Waals surface area contributed by atoms with Crippen molar-refractivity contribution in [1.82, 2.24) is 20.0 Å². The monoisotopic (exact) mass is 529 g/mol. The Hall–Kier alpha value is -4.40. The van der Waals surface area contributed by atoms with E-state index in [2.05, 4.69) is 21.7 Å². The number of benzene rings is 2. The Labute approximate surface area is 229 Å². The zero-order valence-electron chi connectivity index (χ0n) is 22.8. The molecule has 0 radical (unpaired) electrons. The molecule has 9 nitrogen and oxygen atoms in total. The number of carbonyl (C=O) groups is 2. The van der Waals surface area contributed by atoms with Crippen LogP contribution in [0.2, 0.25) is 0 Å². The van der Waals surface area contributed by atoms with E-state index in [1.54, 1.807) is 31.3 Å². The Morgan fingerprint density at radius 1 is 0.974 bits per heavy atom. The van der Waals surface area contributed by atoms with Crippen LogP contribution in [-0.4, -0.2) is 85.3 Å². The molecule has 0 saturated carbocycles. The molecule has 1 aromatic heterocycles. The van der Waals surface area contributed by atoms with Crippen molar-refractivity contribution in [3.8, 4) is 22.8 Å². The Kier molecular flexibility index (Phi) is 9.14. The normalized spacial score (nSPS) is 13.4. The van der Waals surface area contributed by atoms with E-state index in [0.717, 1.165) is 35.6 Å². The summed E-state index contributed by atoms with van der Waals surface area (Å²) in [5.41, 5.74) is 3.09. The zero-order valence-corrected chi connectivity index (χ0v) is 22.8. The maximum Gasteiger partial charge on any atom is 0.254 e. The lowest BCUT2D eigenvalue weighted by atomic mass is 10.1. The van der Waals surface area contributed by atoms with Gasteiger partial charge < -0.3 is 24.2 Å². The standard InChI is InChI=1S/C30H35N5O4/c1-5-15-35(30(37)24-10-7-6-9-22(24)2)21-29(36)34-17-8-16-33(18-19-34)28-14-12-25(31-32-28)23-11-13-26(38-3)27(20-23)39-4/h5-7,9-14,20H,1,8,15-19,21H2,2-4H3. The lowest BCUT2D eigenvalue weighted by Crippen LogP contribution is -2.44. The van der Waals surface area contributed by atoms with Crippen molar-refractivity contribution < 1.29 is 19.1 Å². The summed E-state index contributed by atoms with van der Waals surface area (Å²) < 4.78 is 10.7. The van der Waals surface area contributed by atoms with Gasteiger partial charge in [0.2, 0.25) is 5.91 Å². The molecule has 0 N–H and O–H groups in total. The van der Waals surface area contributed by atoms with E-state index in [9.17, 15) is 9.59 Å². The average molecular weight is 530 g/mol. The topological polar surface area (TPSA) is 88.1 Å². The Balaban J connectivity index is 1.39. The van der Waals surface area contributed by atoms with Gasteiger partial charge in [-0.25, -0.2) is 0 Å². The van der Waals surface area contributed by atoms with Crippen LogP contribution in [0, 0.1) is 6.92 Å². The van der Waals surface area contributed by atoms with Gasteiger partial charge in [-0.15, -0.1) is 16.8 Å². The van der Waals surface area contributed by atoms with Gasteiger partial charge in [0.05, 0.1) is 19.9 Å². The minimum Gasteiger partial charge on any atom is -0.493 e. The number of hydrogen-bond donors (Lipinski definition) is 0. The number of aromatic nitrogens is 2. The molecule has 4 rings (SSSR count). The molecule has 0 unspecified atom stereocenters. The molecule has 0 bridgehead atoms. The fourth-order valence-electron chi connectivity index (χ4n) is 4.66. The van der Waals surface area contributed by atoms with Crippen LogP contribution in [0.1, 0.15) is 22.3 Å². The molecule has 9 heteroatoms. The van der Waals surface area contributed by atoms with Crippen molar-refractivity contribution in [2.75, 3.05) is 58.4 Å². The number of carbonyl (C=O) groups excluding carboxylic acids is 2. The predicted molar refractivity (Wildman–Crippen MR) is 151 cm³/mol. The maximum atomic E-state index is 13.2. The Morgan fingerprint density at radius 3 is 2.46 bits per heavy atom. The first-order valence-corrected chi connectivity index (χ1v) is 13.0. The SMILES string of the molecule is C=CCN(CC(=O)N1CCCN(c2ccc(-c3ccc(OC)c(OC)c3)nn2)CC1)C(=O)c1ccccc1C. The molecule has 204 valence electrons. The smallest absolute Gasteiger partial charge is 0.254 e. The second-order valence-corrected chi connectivity index (χ2v) is 9.36. The highest BCUT2D eigenvalue weighted by Crippen LogP contribution is 2.31. The van der Waals surface area contributed by atoms with E-state index < -0.39 is 0 Å². The largest absolute Gasteiger partial charge is 0.493 e. The first kappa shape index (κ1) is 27.6. The molecule has 39 heavy (non-hydrogen) atoms. The first-order chi connectivity index (χ1) is 18.9. The van der Waals surface area contributed by atoms with Gasteiger partial charge in [-0.1, -0.05) is 24.3 Å². The second-order valence-electron chi connectivity index (χ2n) is 9.36. The fraction of sp³-hybridized carbons (Fsp3) is 0.333. The van der Waals surface area contributed by atoms with Crippen LogP contribution < -0.4 is 14.4 Å². The highest BCUT2D eigenvalue weighted by atomic mass is 16.5. The zero-order chi connectivity index (χ0) is 27.8. The highest BCUT2D eigenvalue weighted by Gasteiger charge is 2.25. The van der Waals surface area contributed by atoms with Crippen molar-refractivity contribution in [2.45, 2.75) is 13.3 Å². The lowest BCUT2D eigenvalue weighted by Gasteiger charge is -2.27. The number of aryl methyl sites for hydroxylation is 1. The number of nitrogens with zero attached hydrogens (tertiary/aromatic N) is 5. The van der Waals surface area contributed by atoms with Crippen molar-refractivity contribution in [1.29, 1.82) is 0 Å². The molecule has 1 saturated heterocycles. The average Bonchev–Trinajstić information content (AvgIpc) is 3.23. The summed E-state index contributed by atoms with van der Waals surface area (Å²) in [6.07, 6.45) is 2.44. The van der Waals surface area contributed by atoms with E-state index in [-0.39, 0.29) is 18.4 Å². The Bertz CT molecular complexity index is 1310. The van der Waals surface area contributed by atoms with Crippen molar-refractivity contribution in [3.63, 3.8) is 0 Å². The third kappa shape index (κ3) is 6.54. The molecule has 2 amide bonds. The fourth-order valence-corrected chi connectivity index (χ4v) is 4.66. The van der Waals surface area contributed by atoms with E-state index in [4.69, 9.17) is 9.47 Å². The number of rotatable bonds is 9. The van der Waals surface area contributed by atoms with Crippen LogP contribution in [0.3, 0.4) is 0 Å². The van der Waals surface area contributed by atoms with Crippen LogP contribution in [0.4, 0.5) is 5.82 Å². The molecule has 1 aliphatic rings. The van der Waals surface area contributed by atoms with Gasteiger partial charge in [-0.3, -0.25) is 9.59 Å². The van der Waals surface area contributed by atoms with Gasteiger partial charge in [0.15, 0.2) is 17.3 Å². The van der Waals surface area contributed by atoms with E-state index in [0.29, 0.717) is 43.2 Å². The quantitative estimate of drug-likeness (QED) is 0.389. The van der Waals surface area contributed by atoms with Gasteiger partial charge >= 0.3 is 0 Å². The third-order valence-electron chi connectivity index (χ3n) is 6.84. The molecule has 0 spiro atoms. The van der Waals surface area contributed by atoms with E-state index in [1.165, 1.54) is 0 Å². The minimum absolute atomic E-state index is 0.0129. The number of methoxy groups -OCH3 is 2. The van der Waals surface area contributed by atoms with Gasteiger partial charge in [0.25, 0.3) is 5.91 Å². The van der Waals surface area contributed by atoms with Gasteiger partial charge in [0.1, 0.15) is 6.54 Å². The predicted octanol–water partition coefficient (Wildman–Crippen LogP) is 3.84. The molecule has 3 aromatic rings. The second kappa shape index (κ2) is 12.9. The number of hydrogen-bond acceptors (Lipinski definition) is 7. The van der Waals surface area contributed by atoms with Crippen molar-refractivity contribution in [2.24, 2.45) is 0 Å². The summed E-state index contributed by atoms with van der Waals surface area (Å²) in [4.78, 5) is 31.9. The summed E-state index contributed by atoms with van der Waals surface area (Å²) in [6, 6.07) is 16.9. The first-order valence-electron chi connectivity index (χ1n) is 13.0. The van der Waals surface area contributed by atoms with Crippen LogP contribution in [0.5, 0.6) is 11.5 Å². The maximum absolute atomic E-state index is 13.2. The van der Waals surface area contributed by atoms with Gasteiger partial charge in [0, 0.05) is 43.9 Å². The van der Waals surface area contributed by atoms with Gasteiger partial charge in [-0.05, 0) is 55.3 Å². The molecule has 0 atom stereocenters. The lowest BCUT2D eigenvalue weighted by molar-refractivity contribution is -0.131. The van der Waals surface area contributed by atoms with Crippen molar-refractivity contribution >= 4 is 17.6 Å². The molecule has 2 heterocycles. The van der Waals surface area contributed by atoms with Gasteiger partial charge in [-0.2, -0.15) is 0 Å². The number of ether oxygens (including phenoxy) is 2. The van der Waals surface area contributed by atoms with E-state index in [1.807, 2.05) is 60.4 Å². The molecular formula is C30H35N5O4. The van der Waals surface area contributed by atoms with Crippen molar-refractivity contribution in [3.05, 3.63) is 78.4 Å². The third-order valence-corrected chi connectivity index (χ3v) is 6.84.